The standard InChI is InChI=1S/C14H11FN2O4/c1-21-12-3-2-8(14(19)20)5-11(12)17-13(18)9-4-10(15)7-16-6-9/h2-7H,1H3,(H,17,18)(H,19,20). The first-order chi connectivity index (χ1) is 10.0. The average molecular weight is 290 g/mol. The highest BCUT2D eigenvalue weighted by molar-refractivity contribution is 6.05. The van der Waals surface area contributed by atoms with E-state index in [1.165, 1.54) is 31.5 Å². The van der Waals surface area contributed by atoms with Crippen molar-refractivity contribution < 1.29 is 23.8 Å². The summed E-state index contributed by atoms with van der Waals surface area (Å²) in [6.45, 7) is 0. The molecule has 1 amide bonds. The molecule has 0 aliphatic rings. The van der Waals surface area contributed by atoms with Crippen LogP contribution in [0.25, 0.3) is 0 Å². The monoisotopic (exact) mass is 290 g/mol. The minimum Gasteiger partial charge on any atom is -0.495 e. The van der Waals surface area contributed by atoms with Gasteiger partial charge in [0.1, 0.15) is 11.6 Å². The SMILES string of the molecule is COc1ccc(C(=O)O)cc1NC(=O)c1cncc(F)c1. The van der Waals surface area contributed by atoms with Gasteiger partial charge in [-0.2, -0.15) is 0 Å². The van der Waals surface area contributed by atoms with E-state index in [-0.39, 0.29) is 22.6 Å². The Labute approximate surface area is 119 Å². The molecule has 2 rings (SSSR count). The van der Waals surface area contributed by atoms with E-state index in [0.29, 0.717) is 0 Å². The van der Waals surface area contributed by atoms with Gasteiger partial charge in [-0.3, -0.25) is 9.78 Å². The number of ether oxygens (including phenoxy) is 1. The largest absolute Gasteiger partial charge is 0.495 e. The van der Waals surface area contributed by atoms with Crippen molar-refractivity contribution in [2.24, 2.45) is 0 Å². The number of amides is 1. The summed E-state index contributed by atoms with van der Waals surface area (Å²) >= 11 is 0. The summed E-state index contributed by atoms with van der Waals surface area (Å²) in [5.74, 6) is -2.12. The van der Waals surface area contributed by atoms with Crippen LogP contribution in [0.15, 0.2) is 36.7 Å². The fraction of sp³-hybridized carbons (Fsp3) is 0.0714. The van der Waals surface area contributed by atoms with E-state index in [1.807, 2.05) is 0 Å². The van der Waals surface area contributed by atoms with E-state index in [1.54, 1.807) is 0 Å². The summed E-state index contributed by atoms with van der Waals surface area (Å²) in [6.07, 6.45) is 2.17. The number of carbonyl (C=O) groups is 2. The Hall–Kier alpha value is -2.96. The fourth-order valence-corrected chi connectivity index (χ4v) is 1.67. The van der Waals surface area contributed by atoms with Gasteiger partial charge in [0.15, 0.2) is 0 Å². The Balaban J connectivity index is 2.31. The molecule has 0 saturated heterocycles. The maximum atomic E-state index is 13.0. The van der Waals surface area contributed by atoms with Gasteiger partial charge in [-0.15, -0.1) is 0 Å². The third-order valence-corrected chi connectivity index (χ3v) is 2.66. The highest BCUT2D eigenvalue weighted by Gasteiger charge is 2.13. The van der Waals surface area contributed by atoms with Crippen LogP contribution in [0.1, 0.15) is 20.7 Å². The highest BCUT2D eigenvalue weighted by atomic mass is 19.1. The Morgan fingerprint density at radius 3 is 2.62 bits per heavy atom. The number of halogens is 1. The molecule has 0 aliphatic carbocycles. The van der Waals surface area contributed by atoms with Crippen LogP contribution >= 0.6 is 0 Å². The summed E-state index contributed by atoms with van der Waals surface area (Å²) in [5, 5.41) is 11.4. The fourth-order valence-electron chi connectivity index (χ4n) is 1.67. The van der Waals surface area contributed by atoms with Crippen molar-refractivity contribution in [2.75, 3.05) is 12.4 Å². The third-order valence-electron chi connectivity index (χ3n) is 2.66. The van der Waals surface area contributed by atoms with Crippen LogP contribution in [0, 0.1) is 5.82 Å². The summed E-state index contributed by atoms with van der Waals surface area (Å²) in [7, 11) is 1.38. The van der Waals surface area contributed by atoms with Gasteiger partial charge >= 0.3 is 5.97 Å². The first-order valence-electron chi connectivity index (χ1n) is 5.84. The van der Waals surface area contributed by atoms with Crippen molar-refractivity contribution in [3.8, 4) is 5.75 Å². The molecule has 2 aromatic rings. The summed E-state index contributed by atoms with van der Waals surface area (Å²) in [5.41, 5.74) is 0.174. The number of anilines is 1. The highest BCUT2D eigenvalue weighted by Crippen LogP contribution is 2.26. The second-order valence-corrected chi connectivity index (χ2v) is 4.07. The van der Waals surface area contributed by atoms with Gasteiger partial charge in [0.25, 0.3) is 5.91 Å². The smallest absolute Gasteiger partial charge is 0.335 e. The van der Waals surface area contributed by atoms with E-state index < -0.39 is 17.7 Å². The van der Waals surface area contributed by atoms with Gasteiger partial charge in [-0.25, -0.2) is 9.18 Å². The van der Waals surface area contributed by atoms with Crippen LogP contribution in [0.3, 0.4) is 0 Å². The van der Waals surface area contributed by atoms with Gasteiger partial charge in [0, 0.05) is 6.20 Å². The van der Waals surface area contributed by atoms with Crippen LogP contribution in [0.4, 0.5) is 10.1 Å². The number of methoxy groups -OCH3 is 1. The number of carbonyl (C=O) groups excluding carboxylic acids is 1. The maximum absolute atomic E-state index is 13.0. The molecule has 6 nitrogen and oxygen atoms in total. The molecule has 0 fully saturated rings. The number of benzene rings is 1. The Kier molecular flexibility index (Phi) is 4.13. The van der Waals surface area contributed by atoms with Crippen molar-refractivity contribution in [3.63, 3.8) is 0 Å². The molecular weight excluding hydrogens is 279 g/mol. The molecule has 1 heterocycles. The first kappa shape index (κ1) is 14.4. The van der Waals surface area contributed by atoms with Crippen LogP contribution in [0.5, 0.6) is 5.75 Å². The van der Waals surface area contributed by atoms with Crippen molar-refractivity contribution in [1.29, 1.82) is 0 Å². The number of nitrogens with one attached hydrogen (secondary N) is 1. The normalized spacial score (nSPS) is 10.0. The lowest BCUT2D eigenvalue weighted by molar-refractivity contribution is 0.0696. The molecule has 0 spiro atoms. The molecular formula is C14H11FN2O4. The molecule has 0 saturated carbocycles. The maximum Gasteiger partial charge on any atom is 0.335 e. The predicted molar refractivity (Wildman–Crippen MR) is 72.1 cm³/mol. The third kappa shape index (κ3) is 3.33. The lowest BCUT2D eigenvalue weighted by Crippen LogP contribution is -2.14. The number of carboxylic acid groups (broad SMARTS) is 1. The minimum absolute atomic E-state index is 0.0107. The van der Waals surface area contributed by atoms with Crippen molar-refractivity contribution in [1.82, 2.24) is 4.98 Å². The van der Waals surface area contributed by atoms with Crippen LogP contribution in [-0.4, -0.2) is 29.1 Å². The topological polar surface area (TPSA) is 88.5 Å². The summed E-state index contributed by atoms with van der Waals surface area (Å²) < 4.78 is 18.1. The quantitative estimate of drug-likeness (QED) is 0.901. The number of aromatic carboxylic acids is 1. The zero-order valence-corrected chi connectivity index (χ0v) is 11.0. The predicted octanol–water partition coefficient (Wildman–Crippen LogP) is 2.18. The molecule has 0 radical (unpaired) electrons. The molecule has 7 heteroatoms. The zero-order chi connectivity index (χ0) is 15.4. The summed E-state index contributed by atoms with van der Waals surface area (Å²) in [4.78, 5) is 26.5. The molecule has 21 heavy (non-hydrogen) atoms. The molecule has 0 bridgehead atoms. The van der Waals surface area contributed by atoms with Crippen molar-refractivity contribution in [3.05, 3.63) is 53.6 Å². The van der Waals surface area contributed by atoms with Crippen molar-refractivity contribution >= 4 is 17.6 Å². The number of hydrogen-bond acceptors (Lipinski definition) is 4. The number of carboxylic acids is 1. The van der Waals surface area contributed by atoms with Crippen LogP contribution < -0.4 is 10.1 Å². The second kappa shape index (κ2) is 6.00. The van der Waals surface area contributed by atoms with Gasteiger partial charge < -0.3 is 15.2 Å². The van der Waals surface area contributed by atoms with Crippen molar-refractivity contribution in [2.45, 2.75) is 0 Å². The molecule has 1 aromatic carbocycles. The molecule has 2 N–H and O–H groups in total. The number of hydrogen-bond donors (Lipinski definition) is 2. The Morgan fingerprint density at radius 1 is 1.24 bits per heavy atom. The van der Waals surface area contributed by atoms with Gasteiger partial charge in [-0.05, 0) is 24.3 Å². The lowest BCUT2D eigenvalue weighted by Gasteiger charge is -2.11. The number of nitrogens with zero attached hydrogens (tertiary/aromatic N) is 1. The van der Waals surface area contributed by atoms with Crippen LogP contribution in [0.2, 0.25) is 0 Å². The molecule has 0 unspecified atom stereocenters. The molecule has 1 aromatic heterocycles. The second-order valence-electron chi connectivity index (χ2n) is 4.07. The molecule has 108 valence electrons. The van der Waals surface area contributed by atoms with Crippen LogP contribution in [-0.2, 0) is 0 Å². The average Bonchev–Trinajstić information content (AvgIpc) is 2.47. The minimum atomic E-state index is -1.14. The summed E-state index contributed by atoms with van der Waals surface area (Å²) in [6, 6.07) is 5.05. The van der Waals surface area contributed by atoms with E-state index >= 15 is 0 Å². The van der Waals surface area contributed by atoms with E-state index in [0.717, 1.165) is 12.3 Å². The number of pyridine rings is 1. The van der Waals surface area contributed by atoms with Gasteiger partial charge in [-0.1, -0.05) is 0 Å². The van der Waals surface area contributed by atoms with E-state index in [4.69, 9.17) is 9.84 Å². The lowest BCUT2D eigenvalue weighted by atomic mass is 10.1. The number of aromatic nitrogens is 1. The van der Waals surface area contributed by atoms with Gasteiger partial charge in [0.2, 0.25) is 0 Å². The van der Waals surface area contributed by atoms with E-state index in [2.05, 4.69) is 10.3 Å². The number of rotatable bonds is 4. The first-order valence-corrected chi connectivity index (χ1v) is 5.84. The molecule has 0 atom stereocenters. The Bertz CT molecular complexity index is 703. The van der Waals surface area contributed by atoms with E-state index in [9.17, 15) is 14.0 Å². The Morgan fingerprint density at radius 2 is 2.00 bits per heavy atom. The molecule has 0 aliphatic heterocycles. The zero-order valence-electron chi connectivity index (χ0n) is 11.0. The van der Waals surface area contributed by atoms with Gasteiger partial charge in [0.05, 0.1) is 30.1 Å².